The fourth-order valence-electron chi connectivity index (χ4n) is 7.39. The van der Waals surface area contributed by atoms with Gasteiger partial charge in [0.25, 0.3) is 0 Å². The molecule has 6 aromatic carbocycles. The summed E-state index contributed by atoms with van der Waals surface area (Å²) in [5.74, 6) is 0. The summed E-state index contributed by atoms with van der Waals surface area (Å²) in [6, 6.07) is 48.5. The maximum atomic E-state index is 2.44. The third kappa shape index (κ3) is 2.59. The van der Waals surface area contributed by atoms with E-state index in [2.05, 4.69) is 153 Å². The monoisotopic (exact) mass is 521 g/mol. The predicted molar refractivity (Wildman–Crippen MR) is 172 cm³/mol. The van der Waals surface area contributed by atoms with Gasteiger partial charge in [0.15, 0.2) is 0 Å². The molecular weight excluding hydrogens is 498 g/mol. The van der Waals surface area contributed by atoms with E-state index >= 15 is 0 Å². The van der Waals surface area contributed by atoms with E-state index in [1.54, 1.807) is 0 Å². The van der Waals surface area contributed by atoms with Crippen LogP contribution in [0.15, 0.2) is 140 Å². The number of fused-ring (bicyclic) bond motifs is 11. The zero-order valence-corrected chi connectivity index (χ0v) is 22.1. The molecule has 0 fully saturated rings. The molecule has 0 saturated carbocycles. The maximum Gasteiger partial charge on any atom is 0.0788 e. The number of hydrogen-bond acceptors (Lipinski definition) is 0. The molecular formula is C38H23N3. The first-order valence-electron chi connectivity index (χ1n) is 14.1. The lowest BCUT2D eigenvalue weighted by Gasteiger charge is -2.09. The van der Waals surface area contributed by atoms with Gasteiger partial charge < -0.3 is 13.5 Å². The Labute approximate surface area is 235 Å². The molecule has 0 N–H and O–H groups in total. The highest BCUT2D eigenvalue weighted by Crippen LogP contribution is 2.45. The number of para-hydroxylation sites is 4. The molecule has 190 valence electrons. The summed E-state index contributed by atoms with van der Waals surface area (Å²) in [7, 11) is 0. The van der Waals surface area contributed by atoms with Gasteiger partial charge in [-0.05, 0) is 48.5 Å². The number of hydrogen-bond donors (Lipinski definition) is 0. The van der Waals surface area contributed by atoms with Gasteiger partial charge in [0.1, 0.15) is 0 Å². The maximum absolute atomic E-state index is 2.44. The zero-order valence-electron chi connectivity index (χ0n) is 22.1. The Balaban J connectivity index is 1.45. The number of rotatable bonds is 2. The molecule has 0 bridgehead atoms. The molecule has 0 amide bonds. The molecule has 10 aromatic rings. The Bertz CT molecular complexity index is 2610. The van der Waals surface area contributed by atoms with E-state index in [4.69, 9.17) is 0 Å². The molecule has 0 aliphatic heterocycles. The Hall–Kier alpha value is -5.54. The zero-order chi connectivity index (χ0) is 26.7. The van der Waals surface area contributed by atoms with Crippen molar-refractivity contribution in [3.8, 4) is 11.4 Å². The second kappa shape index (κ2) is 7.56. The minimum atomic E-state index is 1.18. The highest BCUT2D eigenvalue weighted by Gasteiger charge is 2.23. The molecule has 0 spiro atoms. The van der Waals surface area contributed by atoms with E-state index in [1.807, 2.05) is 0 Å². The van der Waals surface area contributed by atoms with Gasteiger partial charge in [-0.3, -0.25) is 0 Å². The summed E-state index contributed by atoms with van der Waals surface area (Å²) in [6.07, 6.45) is 2.28. The molecule has 3 heteroatoms. The summed E-state index contributed by atoms with van der Waals surface area (Å²) < 4.78 is 7.31. The summed E-state index contributed by atoms with van der Waals surface area (Å²) in [5.41, 5.74) is 9.88. The van der Waals surface area contributed by atoms with Crippen LogP contribution in [0, 0.1) is 0 Å². The van der Waals surface area contributed by atoms with Crippen LogP contribution >= 0.6 is 0 Å². The van der Waals surface area contributed by atoms with Crippen molar-refractivity contribution in [1.29, 1.82) is 0 Å². The minimum Gasteiger partial charge on any atom is -0.313 e. The summed E-state index contributed by atoms with van der Waals surface area (Å²) in [6.45, 7) is 0. The predicted octanol–water partition coefficient (Wildman–Crippen LogP) is 9.88. The average molecular weight is 522 g/mol. The lowest BCUT2D eigenvalue weighted by atomic mass is 10.0. The summed E-state index contributed by atoms with van der Waals surface area (Å²) >= 11 is 0. The Morgan fingerprint density at radius 2 is 0.927 bits per heavy atom. The quantitative estimate of drug-likeness (QED) is 0.215. The molecule has 41 heavy (non-hydrogen) atoms. The average Bonchev–Trinajstić information content (AvgIpc) is 3.78. The van der Waals surface area contributed by atoms with Gasteiger partial charge >= 0.3 is 0 Å². The first-order valence-corrected chi connectivity index (χ1v) is 14.1. The van der Waals surface area contributed by atoms with Gasteiger partial charge in [-0.25, -0.2) is 0 Å². The van der Waals surface area contributed by atoms with Crippen LogP contribution in [0.3, 0.4) is 0 Å². The molecule has 4 aromatic heterocycles. The molecule has 0 radical (unpaired) electrons. The van der Waals surface area contributed by atoms with Crippen LogP contribution in [-0.4, -0.2) is 13.5 Å². The van der Waals surface area contributed by atoms with E-state index in [0.717, 1.165) is 0 Å². The molecule has 0 unspecified atom stereocenters. The highest BCUT2D eigenvalue weighted by molar-refractivity contribution is 6.31. The van der Waals surface area contributed by atoms with Crippen molar-refractivity contribution in [1.82, 2.24) is 13.5 Å². The highest BCUT2D eigenvalue weighted by atomic mass is 15.0. The van der Waals surface area contributed by atoms with Crippen LogP contribution in [-0.2, 0) is 0 Å². The SMILES string of the molecule is c1ccc(-n2c3ccccc3c3c4ccn5c4c(cc32)c2ccc3c4ccccc4n(-c4ccccc4)c3c25)cc1. The van der Waals surface area contributed by atoms with E-state index in [9.17, 15) is 0 Å². The normalized spacial score (nSPS) is 12.4. The van der Waals surface area contributed by atoms with Gasteiger partial charge in [0, 0.05) is 55.3 Å². The van der Waals surface area contributed by atoms with Crippen LogP contribution in [0.5, 0.6) is 0 Å². The van der Waals surface area contributed by atoms with Gasteiger partial charge in [0.05, 0.1) is 33.1 Å². The van der Waals surface area contributed by atoms with Gasteiger partial charge in [-0.15, -0.1) is 0 Å². The Kier molecular flexibility index (Phi) is 3.93. The number of benzene rings is 6. The number of aromatic nitrogens is 3. The molecule has 10 rings (SSSR count). The second-order valence-electron chi connectivity index (χ2n) is 11.0. The third-order valence-electron chi connectivity index (χ3n) is 8.97. The van der Waals surface area contributed by atoms with Crippen molar-refractivity contribution in [2.45, 2.75) is 0 Å². The first-order chi connectivity index (χ1) is 20.4. The van der Waals surface area contributed by atoms with Crippen molar-refractivity contribution >= 4 is 70.8 Å². The standard InChI is InChI=1S/C38H23N3/c1-3-11-24(12-4-1)40-33-18-10-8-16-29(33)35-30-21-22-39-36(30)31(23-34(35)40)28-20-19-27-26-15-7-9-17-32(26)41(38(27)37(28)39)25-13-5-2-6-14-25/h1-23H. The second-order valence-corrected chi connectivity index (χ2v) is 11.0. The van der Waals surface area contributed by atoms with E-state index in [-0.39, 0.29) is 0 Å². The van der Waals surface area contributed by atoms with Crippen LogP contribution in [0.25, 0.3) is 82.2 Å². The lowest BCUT2D eigenvalue weighted by Crippen LogP contribution is -1.94. The fourth-order valence-corrected chi connectivity index (χ4v) is 7.39. The van der Waals surface area contributed by atoms with Crippen molar-refractivity contribution in [2.24, 2.45) is 0 Å². The molecule has 0 aliphatic rings. The van der Waals surface area contributed by atoms with Crippen molar-refractivity contribution in [3.05, 3.63) is 140 Å². The third-order valence-corrected chi connectivity index (χ3v) is 8.97. The van der Waals surface area contributed by atoms with E-state index < -0.39 is 0 Å². The van der Waals surface area contributed by atoms with Crippen LogP contribution in [0.2, 0.25) is 0 Å². The minimum absolute atomic E-state index is 1.18. The molecule has 4 heterocycles. The largest absolute Gasteiger partial charge is 0.313 e. The van der Waals surface area contributed by atoms with Crippen LogP contribution in [0.1, 0.15) is 0 Å². The first kappa shape index (κ1) is 21.3. The van der Waals surface area contributed by atoms with Gasteiger partial charge in [-0.2, -0.15) is 0 Å². The molecule has 0 saturated heterocycles. The topological polar surface area (TPSA) is 14.3 Å². The van der Waals surface area contributed by atoms with Gasteiger partial charge in [0.2, 0.25) is 0 Å². The smallest absolute Gasteiger partial charge is 0.0788 e. The summed E-state index contributed by atoms with van der Waals surface area (Å²) in [5, 5.41) is 9.03. The van der Waals surface area contributed by atoms with E-state index in [0.29, 0.717) is 0 Å². The van der Waals surface area contributed by atoms with E-state index in [1.165, 1.54) is 82.2 Å². The van der Waals surface area contributed by atoms with Crippen LogP contribution < -0.4 is 0 Å². The number of nitrogens with zero attached hydrogens (tertiary/aromatic N) is 3. The van der Waals surface area contributed by atoms with Gasteiger partial charge in [-0.1, -0.05) is 84.9 Å². The van der Waals surface area contributed by atoms with Crippen molar-refractivity contribution in [3.63, 3.8) is 0 Å². The Morgan fingerprint density at radius 1 is 0.341 bits per heavy atom. The van der Waals surface area contributed by atoms with Crippen molar-refractivity contribution in [2.75, 3.05) is 0 Å². The summed E-state index contributed by atoms with van der Waals surface area (Å²) in [4.78, 5) is 0. The Morgan fingerprint density at radius 3 is 1.66 bits per heavy atom. The lowest BCUT2D eigenvalue weighted by molar-refractivity contribution is 1.18. The molecule has 3 nitrogen and oxygen atoms in total. The molecule has 0 aliphatic carbocycles. The molecule has 0 atom stereocenters. The fraction of sp³-hybridized carbons (Fsp3) is 0. The van der Waals surface area contributed by atoms with Crippen LogP contribution in [0.4, 0.5) is 0 Å². The van der Waals surface area contributed by atoms with Crippen molar-refractivity contribution < 1.29 is 0 Å².